The van der Waals surface area contributed by atoms with Crippen molar-refractivity contribution in [2.45, 2.75) is 6.18 Å². The van der Waals surface area contributed by atoms with Crippen LogP contribution < -0.4 is 0 Å². The molecule has 8 heteroatoms. The van der Waals surface area contributed by atoms with Crippen molar-refractivity contribution in [1.29, 1.82) is 0 Å². The van der Waals surface area contributed by atoms with Crippen LogP contribution >= 0.6 is 0 Å². The highest BCUT2D eigenvalue weighted by Gasteiger charge is 2.35. The van der Waals surface area contributed by atoms with Crippen LogP contribution in [0.4, 0.5) is 13.2 Å². The molecule has 0 amide bonds. The number of fused-ring (bicyclic) bond motifs is 1. The standard InChI is InChI=1S/C13H6F3NO4/c14-13(15,16)11-4-7-3-6(1-2-9(7)20-11)8-5-10(12(18)19)21-17-8/h1-5H,(H,18,19). The fourth-order valence-electron chi connectivity index (χ4n) is 1.85. The van der Waals surface area contributed by atoms with Gasteiger partial charge in [-0.3, -0.25) is 0 Å². The van der Waals surface area contributed by atoms with Gasteiger partial charge in [-0.2, -0.15) is 13.2 Å². The second kappa shape index (κ2) is 4.37. The molecule has 2 heterocycles. The highest BCUT2D eigenvalue weighted by Crippen LogP contribution is 2.35. The average Bonchev–Trinajstić information content (AvgIpc) is 3.04. The minimum Gasteiger partial charge on any atom is -0.475 e. The summed E-state index contributed by atoms with van der Waals surface area (Å²) in [7, 11) is 0. The van der Waals surface area contributed by atoms with Crippen molar-refractivity contribution in [2.24, 2.45) is 0 Å². The lowest BCUT2D eigenvalue weighted by molar-refractivity contribution is -0.152. The highest BCUT2D eigenvalue weighted by molar-refractivity contribution is 5.87. The zero-order valence-electron chi connectivity index (χ0n) is 10.1. The van der Waals surface area contributed by atoms with Gasteiger partial charge >= 0.3 is 12.1 Å². The fourth-order valence-corrected chi connectivity index (χ4v) is 1.85. The van der Waals surface area contributed by atoms with Gasteiger partial charge in [-0.05, 0) is 24.3 Å². The minimum absolute atomic E-state index is 0.0769. The number of nitrogens with zero attached hydrogens (tertiary/aromatic N) is 1. The van der Waals surface area contributed by atoms with E-state index in [1.54, 1.807) is 0 Å². The number of aromatic carboxylic acids is 1. The van der Waals surface area contributed by atoms with E-state index in [1.165, 1.54) is 24.3 Å². The van der Waals surface area contributed by atoms with E-state index in [0.717, 1.165) is 6.07 Å². The van der Waals surface area contributed by atoms with Crippen LogP contribution in [0, 0.1) is 0 Å². The smallest absolute Gasteiger partial charge is 0.449 e. The Hall–Kier alpha value is -2.77. The number of carboxylic acid groups (broad SMARTS) is 1. The Morgan fingerprint density at radius 3 is 2.57 bits per heavy atom. The van der Waals surface area contributed by atoms with E-state index < -0.39 is 17.9 Å². The minimum atomic E-state index is -4.57. The van der Waals surface area contributed by atoms with Crippen molar-refractivity contribution in [2.75, 3.05) is 0 Å². The summed E-state index contributed by atoms with van der Waals surface area (Å²) in [4.78, 5) is 10.7. The molecular weight excluding hydrogens is 291 g/mol. The molecule has 1 aromatic carbocycles. The molecule has 2 aromatic heterocycles. The zero-order chi connectivity index (χ0) is 15.2. The quantitative estimate of drug-likeness (QED) is 0.778. The number of hydrogen-bond donors (Lipinski definition) is 1. The summed E-state index contributed by atoms with van der Waals surface area (Å²) in [6.45, 7) is 0. The second-order valence-electron chi connectivity index (χ2n) is 4.24. The monoisotopic (exact) mass is 297 g/mol. The molecular formula is C13H6F3NO4. The first-order chi connectivity index (χ1) is 9.84. The Balaban J connectivity index is 2.05. The SMILES string of the molecule is O=C(O)c1cc(-c2ccc3oc(C(F)(F)F)cc3c2)no1. The van der Waals surface area contributed by atoms with Gasteiger partial charge in [0.15, 0.2) is 0 Å². The van der Waals surface area contributed by atoms with Crippen LogP contribution in [0.3, 0.4) is 0 Å². The number of aromatic nitrogens is 1. The zero-order valence-corrected chi connectivity index (χ0v) is 10.1. The van der Waals surface area contributed by atoms with Gasteiger partial charge in [-0.15, -0.1) is 0 Å². The number of rotatable bonds is 2. The first-order valence-electron chi connectivity index (χ1n) is 5.66. The predicted octanol–water partition coefficient (Wildman–Crippen LogP) is 3.80. The van der Waals surface area contributed by atoms with Gasteiger partial charge in [0.25, 0.3) is 0 Å². The Bertz CT molecular complexity index is 831. The molecule has 21 heavy (non-hydrogen) atoms. The van der Waals surface area contributed by atoms with Gasteiger partial charge in [0.1, 0.15) is 11.3 Å². The van der Waals surface area contributed by atoms with Crippen LogP contribution in [0.1, 0.15) is 16.3 Å². The lowest BCUT2D eigenvalue weighted by atomic mass is 10.1. The Morgan fingerprint density at radius 1 is 1.19 bits per heavy atom. The molecule has 0 unspecified atom stereocenters. The van der Waals surface area contributed by atoms with Gasteiger partial charge in [-0.1, -0.05) is 5.16 Å². The molecule has 0 spiro atoms. The number of benzene rings is 1. The van der Waals surface area contributed by atoms with Crippen molar-refractivity contribution >= 4 is 16.9 Å². The molecule has 0 aliphatic rings. The molecule has 0 radical (unpaired) electrons. The topological polar surface area (TPSA) is 76.5 Å². The number of furan rings is 1. The fraction of sp³-hybridized carbons (Fsp3) is 0.0769. The number of carboxylic acids is 1. The third-order valence-corrected chi connectivity index (χ3v) is 2.81. The Kier molecular flexibility index (Phi) is 2.75. The molecule has 0 fully saturated rings. The van der Waals surface area contributed by atoms with Crippen molar-refractivity contribution in [3.63, 3.8) is 0 Å². The summed E-state index contributed by atoms with van der Waals surface area (Å²) in [6, 6.07) is 6.30. The Labute approximate surface area is 114 Å². The largest absolute Gasteiger partial charge is 0.475 e. The van der Waals surface area contributed by atoms with Crippen molar-refractivity contribution in [3.05, 3.63) is 41.9 Å². The molecule has 1 N–H and O–H groups in total. The van der Waals surface area contributed by atoms with Crippen molar-refractivity contribution < 1.29 is 32.0 Å². The van der Waals surface area contributed by atoms with E-state index >= 15 is 0 Å². The van der Waals surface area contributed by atoms with Crippen LogP contribution in [0.5, 0.6) is 0 Å². The van der Waals surface area contributed by atoms with E-state index in [-0.39, 0.29) is 22.4 Å². The second-order valence-corrected chi connectivity index (χ2v) is 4.24. The third-order valence-electron chi connectivity index (χ3n) is 2.81. The molecule has 0 aliphatic carbocycles. The van der Waals surface area contributed by atoms with E-state index in [9.17, 15) is 18.0 Å². The summed E-state index contributed by atoms with van der Waals surface area (Å²) in [5, 5.41) is 12.5. The first kappa shape index (κ1) is 13.2. The molecule has 0 saturated heterocycles. The molecule has 3 aromatic rings. The van der Waals surface area contributed by atoms with E-state index in [4.69, 9.17) is 9.52 Å². The maximum absolute atomic E-state index is 12.6. The summed E-state index contributed by atoms with van der Waals surface area (Å²) in [5.74, 6) is -2.73. The summed E-state index contributed by atoms with van der Waals surface area (Å²) >= 11 is 0. The van der Waals surface area contributed by atoms with E-state index in [2.05, 4.69) is 9.68 Å². The molecule has 0 atom stereocenters. The van der Waals surface area contributed by atoms with Gasteiger partial charge < -0.3 is 14.0 Å². The number of carbonyl (C=O) groups is 1. The highest BCUT2D eigenvalue weighted by atomic mass is 19.4. The number of alkyl halides is 3. The molecule has 0 bridgehead atoms. The maximum atomic E-state index is 12.6. The van der Waals surface area contributed by atoms with E-state index in [0.29, 0.717) is 5.56 Å². The van der Waals surface area contributed by atoms with Gasteiger partial charge in [0.2, 0.25) is 11.5 Å². The molecule has 0 saturated carbocycles. The first-order valence-corrected chi connectivity index (χ1v) is 5.66. The Morgan fingerprint density at radius 2 is 1.95 bits per heavy atom. The summed E-state index contributed by atoms with van der Waals surface area (Å²) in [6.07, 6.45) is -4.57. The number of halogens is 3. The van der Waals surface area contributed by atoms with Gasteiger partial charge in [0, 0.05) is 17.0 Å². The van der Waals surface area contributed by atoms with Crippen molar-refractivity contribution in [3.8, 4) is 11.3 Å². The maximum Gasteiger partial charge on any atom is 0.449 e. The number of hydrogen-bond acceptors (Lipinski definition) is 4. The third kappa shape index (κ3) is 2.35. The van der Waals surface area contributed by atoms with Crippen LogP contribution in [-0.2, 0) is 6.18 Å². The summed E-state index contributed by atoms with van der Waals surface area (Å²) in [5.41, 5.74) is 0.713. The van der Waals surface area contributed by atoms with Crippen molar-refractivity contribution in [1.82, 2.24) is 5.16 Å². The van der Waals surface area contributed by atoms with Crippen LogP contribution in [0.25, 0.3) is 22.2 Å². The van der Waals surface area contributed by atoms with E-state index in [1.807, 2.05) is 0 Å². The molecule has 3 rings (SSSR count). The normalized spacial score (nSPS) is 12.0. The van der Waals surface area contributed by atoms with Crippen LogP contribution in [0.2, 0.25) is 0 Å². The lowest BCUT2D eigenvalue weighted by Gasteiger charge is -1.98. The van der Waals surface area contributed by atoms with Crippen LogP contribution in [0.15, 0.2) is 39.3 Å². The van der Waals surface area contributed by atoms with Crippen LogP contribution in [-0.4, -0.2) is 16.2 Å². The van der Waals surface area contributed by atoms with Gasteiger partial charge in [0.05, 0.1) is 0 Å². The predicted molar refractivity (Wildman–Crippen MR) is 63.7 cm³/mol. The average molecular weight is 297 g/mol. The lowest BCUT2D eigenvalue weighted by Crippen LogP contribution is -2.01. The van der Waals surface area contributed by atoms with Gasteiger partial charge in [-0.25, -0.2) is 4.79 Å². The molecule has 108 valence electrons. The summed E-state index contributed by atoms with van der Waals surface area (Å²) < 4.78 is 47.0. The molecule has 0 aliphatic heterocycles. The molecule has 5 nitrogen and oxygen atoms in total.